The van der Waals surface area contributed by atoms with E-state index in [-0.39, 0.29) is 12.5 Å². The molecule has 2 rings (SSSR count). The van der Waals surface area contributed by atoms with E-state index in [9.17, 15) is 4.79 Å². The van der Waals surface area contributed by atoms with E-state index in [0.29, 0.717) is 0 Å². The molecule has 18 heavy (non-hydrogen) atoms. The fraction of sp³-hybridized carbons (Fsp3) is 0.692. The van der Waals surface area contributed by atoms with Crippen molar-refractivity contribution in [2.45, 2.75) is 52.1 Å². The van der Waals surface area contributed by atoms with Gasteiger partial charge in [0.2, 0.25) is 0 Å². The summed E-state index contributed by atoms with van der Waals surface area (Å²) in [6.45, 7) is 5.91. The SMILES string of the molecule is Cc1nc(CN2CCCCC2CC(=O)O)sc1C. The summed E-state index contributed by atoms with van der Waals surface area (Å²) in [4.78, 5) is 19.0. The summed E-state index contributed by atoms with van der Waals surface area (Å²) in [6, 6.07) is 0.181. The Kier molecular flexibility index (Phi) is 4.35. The number of carboxylic acid groups (broad SMARTS) is 1. The number of rotatable bonds is 4. The average Bonchev–Trinajstić information content (AvgIpc) is 2.60. The molecule has 0 aromatic carbocycles. The van der Waals surface area contributed by atoms with Gasteiger partial charge in [-0.15, -0.1) is 11.3 Å². The highest BCUT2D eigenvalue weighted by Crippen LogP contribution is 2.24. The molecule has 2 heterocycles. The van der Waals surface area contributed by atoms with Crippen LogP contribution in [0.15, 0.2) is 0 Å². The maximum absolute atomic E-state index is 10.9. The molecule has 1 aliphatic heterocycles. The van der Waals surface area contributed by atoms with Gasteiger partial charge in [-0.25, -0.2) is 4.98 Å². The molecule has 4 nitrogen and oxygen atoms in total. The average molecular weight is 268 g/mol. The second-order valence-electron chi connectivity index (χ2n) is 4.97. The Labute approximate surface area is 112 Å². The van der Waals surface area contributed by atoms with E-state index in [0.717, 1.165) is 36.6 Å². The summed E-state index contributed by atoms with van der Waals surface area (Å²) in [7, 11) is 0. The third kappa shape index (κ3) is 3.29. The second-order valence-corrected chi connectivity index (χ2v) is 6.25. The molecule has 1 aromatic rings. The van der Waals surface area contributed by atoms with Gasteiger partial charge in [-0.2, -0.15) is 0 Å². The first-order valence-electron chi connectivity index (χ1n) is 6.45. The van der Waals surface area contributed by atoms with E-state index >= 15 is 0 Å². The highest BCUT2D eigenvalue weighted by Gasteiger charge is 2.25. The first-order valence-corrected chi connectivity index (χ1v) is 7.26. The summed E-state index contributed by atoms with van der Waals surface area (Å²) in [5, 5.41) is 10.1. The first kappa shape index (κ1) is 13.5. The molecule has 0 spiro atoms. The Morgan fingerprint density at radius 1 is 1.50 bits per heavy atom. The number of aromatic nitrogens is 1. The molecule has 5 heteroatoms. The summed E-state index contributed by atoms with van der Waals surface area (Å²) < 4.78 is 0. The third-order valence-electron chi connectivity index (χ3n) is 3.57. The predicted molar refractivity (Wildman–Crippen MR) is 71.9 cm³/mol. The van der Waals surface area contributed by atoms with Crippen molar-refractivity contribution in [1.82, 2.24) is 9.88 Å². The Hall–Kier alpha value is -0.940. The van der Waals surface area contributed by atoms with Gasteiger partial charge in [0.15, 0.2) is 0 Å². The lowest BCUT2D eigenvalue weighted by atomic mass is 9.99. The number of hydrogen-bond donors (Lipinski definition) is 1. The van der Waals surface area contributed by atoms with Crippen molar-refractivity contribution in [2.24, 2.45) is 0 Å². The van der Waals surface area contributed by atoms with Crippen LogP contribution < -0.4 is 0 Å². The monoisotopic (exact) mass is 268 g/mol. The minimum atomic E-state index is -0.696. The van der Waals surface area contributed by atoms with Crippen molar-refractivity contribution in [3.8, 4) is 0 Å². The fourth-order valence-electron chi connectivity index (χ4n) is 2.48. The normalized spacial score (nSPS) is 21.1. The van der Waals surface area contributed by atoms with Gasteiger partial charge in [0, 0.05) is 10.9 Å². The molecule has 1 unspecified atom stereocenters. The molecule has 1 atom stereocenters. The third-order valence-corrected chi connectivity index (χ3v) is 4.63. The van der Waals surface area contributed by atoms with Gasteiger partial charge in [-0.3, -0.25) is 9.69 Å². The van der Waals surface area contributed by atoms with Crippen LogP contribution in [0.3, 0.4) is 0 Å². The van der Waals surface area contributed by atoms with E-state index in [2.05, 4.69) is 16.8 Å². The molecule has 1 saturated heterocycles. The Morgan fingerprint density at radius 2 is 2.28 bits per heavy atom. The van der Waals surface area contributed by atoms with E-state index in [1.807, 2.05) is 6.92 Å². The summed E-state index contributed by atoms with van der Waals surface area (Å²) in [6.07, 6.45) is 3.56. The highest BCUT2D eigenvalue weighted by molar-refractivity contribution is 7.11. The van der Waals surface area contributed by atoms with Gasteiger partial charge in [-0.05, 0) is 33.2 Å². The number of nitrogens with zero attached hydrogens (tertiary/aromatic N) is 2. The topological polar surface area (TPSA) is 53.4 Å². The van der Waals surface area contributed by atoms with Crippen LogP contribution in [0, 0.1) is 13.8 Å². The maximum Gasteiger partial charge on any atom is 0.304 e. The second kappa shape index (κ2) is 5.80. The van der Waals surface area contributed by atoms with E-state index in [4.69, 9.17) is 5.11 Å². The zero-order chi connectivity index (χ0) is 13.1. The van der Waals surface area contributed by atoms with E-state index < -0.39 is 5.97 Å². The van der Waals surface area contributed by atoms with Crippen molar-refractivity contribution in [1.29, 1.82) is 0 Å². The number of thiazole rings is 1. The van der Waals surface area contributed by atoms with Crippen molar-refractivity contribution in [2.75, 3.05) is 6.54 Å². The quantitative estimate of drug-likeness (QED) is 0.912. The predicted octanol–water partition coefficient (Wildman–Crippen LogP) is 2.59. The lowest BCUT2D eigenvalue weighted by Gasteiger charge is -2.34. The van der Waals surface area contributed by atoms with Crippen LogP contribution in [0.25, 0.3) is 0 Å². The number of hydrogen-bond acceptors (Lipinski definition) is 4. The minimum Gasteiger partial charge on any atom is -0.481 e. The molecular formula is C13H20N2O2S. The van der Waals surface area contributed by atoms with Gasteiger partial charge in [-0.1, -0.05) is 6.42 Å². The molecule has 100 valence electrons. The highest BCUT2D eigenvalue weighted by atomic mass is 32.1. The Morgan fingerprint density at radius 3 is 2.89 bits per heavy atom. The molecule has 0 saturated carbocycles. The van der Waals surface area contributed by atoms with Gasteiger partial charge in [0.25, 0.3) is 0 Å². The lowest BCUT2D eigenvalue weighted by molar-refractivity contribution is -0.138. The number of aryl methyl sites for hydroxylation is 2. The Bertz CT molecular complexity index is 411. The number of carbonyl (C=O) groups is 1. The van der Waals surface area contributed by atoms with E-state index in [1.165, 1.54) is 11.3 Å². The largest absolute Gasteiger partial charge is 0.481 e. The number of aliphatic carboxylic acids is 1. The van der Waals surface area contributed by atoms with Crippen molar-refractivity contribution in [3.63, 3.8) is 0 Å². The number of piperidine rings is 1. The van der Waals surface area contributed by atoms with Gasteiger partial charge in [0.05, 0.1) is 18.7 Å². The molecule has 0 radical (unpaired) electrons. The summed E-state index contributed by atoms with van der Waals surface area (Å²) >= 11 is 1.73. The van der Waals surface area contributed by atoms with Crippen molar-refractivity contribution < 1.29 is 9.90 Å². The zero-order valence-electron chi connectivity index (χ0n) is 11.0. The zero-order valence-corrected chi connectivity index (χ0v) is 11.8. The van der Waals surface area contributed by atoms with Crippen LogP contribution >= 0.6 is 11.3 Å². The van der Waals surface area contributed by atoms with Crippen LogP contribution in [-0.4, -0.2) is 33.5 Å². The molecule has 0 aliphatic carbocycles. The van der Waals surface area contributed by atoms with Gasteiger partial charge in [0.1, 0.15) is 5.01 Å². The molecule has 1 aromatic heterocycles. The maximum atomic E-state index is 10.9. The lowest BCUT2D eigenvalue weighted by Crippen LogP contribution is -2.40. The molecule has 0 amide bonds. The van der Waals surface area contributed by atoms with Crippen LogP contribution in [0.1, 0.15) is 41.3 Å². The molecular weight excluding hydrogens is 248 g/mol. The molecule has 0 bridgehead atoms. The molecule has 1 fully saturated rings. The summed E-state index contributed by atoms with van der Waals surface area (Å²) in [5.41, 5.74) is 1.10. The van der Waals surface area contributed by atoms with Crippen molar-refractivity contribution in [3.05, 3.63) is 15.6 Å². The number of carboxylic acids is 1. The molecule has 1 N–H and O–H groups in total. The standard InChI is InChI=1S/C13H20N2O2S/c1-9-10(2)18-12(14-9)8-15-6-4-3-5-11(15)7-13(16)17/h11H,3-8H2,1-2H3,(H,16,17). The fourth-order valence-corrected chi connectivity index (χ4v) is 3.44. The summed E-state index contributed by atoms with van der Waals surface area (Å²) in [5.74, 6) is -0.696. The first-order chi connectivity index (χ1) is 8.56. The minimum absolute atomic E-state index is 0.181. The van der Waals surface area contributed by atoms with Gasteiger partial charge >= 0.3 is 5.97 Å². The van der Waals surface area contributed by atoms with Crippen LogP contribution in [0.5, 0.6) is 0 Å². The van der Waals surface area contributed by atoms with Crippen molar-refractivity contribution >= 4 is 17.3 Å². The van der Waals surface area contributed by atoms with Crippen LogP contribution in [-0.2, 0) is 11.3 Å². The van der Waals surface area contributed by atoms with Crippen LogP contribution in [0.2, 0.25) is 0 Å². The smallest absolute Gasteiger partial charge is 0.304 e. The number of likely N-dealkylation sites (tertiary alicyclic amines) is 1. The Balaban J connectivity index is 2.02. The van der Waals surface area contributed by atoms with E-state index in [1.54, 1.807) is 11.3 Å². The van der Waals surface area contributed by atoms with Crippen LogP contribution in [0.4, 0.5) is 0 Å². The molecule has 1 aliphatic rings. The van der Waals surface area contributed by atoms with Gasteiger partial charge < -0.3 is 5.11 Å².